The topological polar surface area (TPSA) is 42.8 Å². The molecule has 17 heavy (non-hydrogen) atoms. The molecule has 0 unspecified atom stereocenters. The lowest BCUT2D eigenvalue weighted by atomic mass is 10.2. The van der Waals surface area contributed by atoms with Gasteiger partial charge >= 0.3 is 0 Å². The van der Waals surface area contributed by atoms with Crippen molar-refractivity contribution in [3.05, 3.63) is 22.4 Å². The monoisotopic (exact) mass is 255 g/mol. The summed E-state index contributed by atoms with van der Waals surface area (Å²) in [4.78, 5) is 14.4. The zero-order chi connectivity index (χ0) is 12.1. The predicted molar refractivity (Wildman–Crippen MR) is 67.3 cm³/mol. The fraction of sp³-hybridized carbons (Fsp3) is 0.583. The van der Waals surface area contributed by atoms with Crippen LogP contribution in [0.5, 0.6) is 0 Å². The van der Waals surface area contributed by atoms with Crippen LogP contribution in [0.1, 0.15) is 17.8 Å². The van der Waals surface area contributed by atoms with Gasteiger partial charge in [0.25, 0.3) is 5.91 Å². The second-order valence-corrected chi connectivity index (χ2v) is 5.32. The summed E-state index contributed by atoms with van der Waals surface area (Å²) in [5, 5.41) is 5.07. The average molecular weight is 255 g/mol. The Labute approximate surface area is 106 Å². The van der Waals surface area contributed by atoms with E-state index in [0.29, 0.717) is 6.54 Å². The minimum absolute atomic E-state index is 0.114. The van der Waals surface area contributed by atoms with Crippen LogP contribution in [0.15, 0.2) is 17.5 Å². The van der Waals surface area contributed by atoms with Gasteiger partial charge in [-0.3, -0.25) is 4.79 Å². The molecule has 0 bridgehead atoms. The molecule has 0 aromatic carbocycles. The largest absolute Gasteiger partial charge is 0.370 e. The number of hydrogen-bond donors (Lipinski definition) is 2. The van der Waals surface area contributed by atoms with Crippen molar-refractivity contribution >= 4 is 17.2 Å². The minimum Gasteiger partial charge on any atom is -0.370 e. The summed E-state index contributed by atoms with van der Waals surface area (Å²) in [6.45, 7) is 5.98. The van der Waals surface area contributed by atoms with E-state index >= 15 is 0 Å². The van der Waals surface area contributed by atoms with Crippen LogP contribution >= 0.6 is 11.3 Å². The summed E-state index contributed by atoms with van der Waals surface area (Å²) in [7, 11) is 0. The van der Waals surface area contributed by atoms with Gasteiger partial charge in [-0.05, 0) is 18.4 Å². The molecule has 4 nitrogen and oxygen atoms in total. The van der Waals surface area contributed by atoms with Gasteiger partial charge in [0.05, 0.1) is 19.3 Å². The highest BCUT2D eigenvalue weighted by molar-refractivity contribution is 7.10. The zero-order valence-electron chi connectivity index (χ0n) is 10.1. The number of carbonyl (C=O) groups excluding carboxylic acids is 1. The zero-order valence-corrected chi connectivity index (χ0v) is 10.9. The fourth-order valence-electron chi connectivity index (χ4n) is 1.97. The molecule has 0 aliphatic carbocycles. The van der Waals surface area contributed by atoms with Crippen molar-refractivity contribution in [3.8, 4) is 0 Å². The van der Waals surface area contributed by atoms with Crippen LogP contribution in [0.3, 0.4) is 0 Å². The quantitative estimate of drug-likeness (QED) is 0.785. The van der Waals surface area contributed by atoms with E-state index in [4.69, 9.17) is 4.74 Å². The van der Waals surface area contributed by atoms with E-state index in [0.717, 1.165) is 26.3 Å². The van der Waals surface area contributed by atoms with Gasteiger partial charge in [0.1, 0.15) is 13.1 Å². The summed E-state index contributed by atoms with van der Waals surface area (Å²) < 4.78 is 5.27. The number of thiophene rings is 1. The Morgan fingerprint density at radius 1 is 1.59 bits per heavy atom. The molecule has 1 aromatic heterocycles. The number of carbonyl (C=O) groups is 1. The van der Waals surface area contributed by atoms with E-state index in [2.05, 4.69) is 11.4 Å². The molecular formula is C12H19N2O2S+. The Kier molecular flexibility index (Phi) is 4.53. The van der Waals surface area contributed by atoms with Crippen molar-refractivity contribution in [3.63, 3.8) is 0 Å². The van der Waals surface area contributed by atoms with Crippen LogP contribution in [-0.2, 0) is 9.53 Å². The average Bonchev–Trinajstić information content (AvgIpc) is 2.83. The molecule has 1 saturated heterocycles. The molecule has 1 aromatic rings. The van der Waals surface area contributed by atoms with Gasteiger partial charge in [-0.1, -0.05) is 6.07 Å². The van der Waals surface area contributed by atoms with Crippen LogP contribution in [0.25, 0.3) is 0 Å². The Morgan fingerprint density at radius 2 is 2.35 bits per heavy atom. The molecule has 1 aliphatic heterocycles. The molecule has 2 N–H and O–H groups in total. The van der Waals surface area contributed by atoms with Crippen molar-refractivity contribution in [1.82, 2.24) is 5.32 Å². The van der Waals surface area contributed by atoms with Crippen molar-refractivity contribution in [2.45, 2.75) is 13.0 Å². The second kappa shape index (κ2) is 6.14. The first-order chi connectivity index (χ1) is 8.25. The number of nitrogens with one attached hydrogen (secondary N) is 2. The number of morpholine rings is 1. The number of rotatable bonds is 4. The molecule has 1 fully saturated rings. The Bertz CT molecular complexity index is 347. The van der Waals surface area contributed by atoms with Gasteiger partial charge < -0.3 is 15.0 Å². The van der Waals surface area contributed by atoms with Crippen LogP contribution in [0.2, 0.25) is 0 Å². The lowest BCUT2D eigenvalue weighted by molar-refractivity contribution is -0.900. The number of amides is 1. The van der Waals surface area contributed by atoms with Crippen LogP contribution < -0.4 is 10.2 Å². The first-order valence-electron chi connectivity index (χ1n) is 6.00. The predicted octanol–water partition coefficient (Wildman–Crippen LogP) is -0.160. The molecule has 1 atom stereocenters. The summed E-state index contributed by atoms with van der Waals surface area (Å²) in [5.74, 6) is 0.128. The fourth-order valence-corrected chi connectivity index (χ4v) is 2.70. The van der Waals surface area contributed by atoms with E-state index in [-0.39, 0.29) is 11.9 Å². The third-order valence-electron chi connectivity index (χ3n) is 2.96. The van der Waals surface area contributed by atoms with Crippen molar-refractivity contribution < 1.29 is 14.4 Å². The molecule has 5 heteroatoms. The molecular weight excluding hydrogens is 236 g/mol. The molecule has 0 saturated carbocycles. The van der Waals surface area contributed by atoms with E-state index in [1.54, 1.807) is 11.3 Å². The van der Waals surface area contributed by atoms with Gasteiger partial charge in [0.2, 0.25) is 0 Å². The standard InChI is InChI=1S/C12H18N2O2S/c1-10(11-3-2-8-17-11)13-12(15)9-14-4-6-16-7-5-14/h2-3,8,10H,4-7,9H2,1H3,(H,13,15)/p+1/t10-/m0/s1. The second-order valence-electron chi connectivity index (χ2n) is 4.34. The summed E-state index contributed by atoms with van der Waals surface area (Å²) in [5.41, 5.74) is 0. The van der Waals surface area contributed by atoms with E-state index in [9.17, 15) is 4.79 Å². The van der Waals surface area contributed by atoms with E-state index in [1.165, 1.54) is 9.78 Å². The molecule has 0 radical (unpaired) electrons. The summed E-state index contributed by atoms with van der Waals surface area (Å²) in [6, 6.07) is 4.18. The highest BCUT2D eigenvalue weighted by atomic mass is 32.1. The molecule has 1 aliphatic rings. The summed E-state index contributed by atoms with van der Waals surface area (Å²) in [6.07, 6.45) is 0. The van der Waals surface area contributed by atoms with Gasteiger partial charge in [0, 0.05) is 4.88 Å². The van der Waals surface area contributed by atoms with Crippen molar-refractivity contribution in [2.24, 2.45) is 0 Å². The lowest BCUT2D eigenvalue weighted by Crippen LogP contribution is -3.15. The molecule has 0 spiro atoms. The van der Waals surface area contributed by atoms with Crippen molar-refractivity contribution in [1.29, 1.82) is 0 Å². The van der Waals surface area contributed by atoms with E-state index < -0.39 is 0 Å². The van der Waals surface area contributed by atoms with Gasteiger partial charge in [-0.15, -0.1) is 11.3 Å². The lowest BCUT2D eigenvalue weighted by Gasteiger charge is -2.23. The molecule has 1 amide bonds. The highest BCUT2D eigenvalue weighted by Crippen LogP contribution is 2.17. The molecule has 2 rings (SSSR count). The van der Waals surface area contributed by atoms with Crippen LogP contribution in [0, 0.1) is 0 Å². The maximum Gasteiger partial charge on any atom is 0.275 e. The van der Waals surface area contributed by atoms with Gasteiger partial charge in [-0.2, -0.15) is 0 Å². The van der Waals surface area contributed by atoms with Gasteiger partial charge in [-0.25, -0.2) is 0 Å². The maximum absolute atomic E-state index is 11.8. The minimum atomic E-state index is 0.114. The maximum atomic E-state index is 11.8. The Morgan fingerprint density at radius 3 is 3.00 bits per heavy atom. The molecule has 2 heterocycles. The van der Waals surface area contributed by atoms with Crippen LogP contribution in [0.4, 0.5) is 0 Å². The molecule has 94 valence electrons. The van der Waals surface area contributed by atoms with Gasteiger partial charge in [0.15, 0.2) is 6.54 Å². The normalized spacial score (nSPS) is 18.9. The summed E-state index contributed by atoms with van der Waals surface area (Å²) >= 11 is 1.68. The number of ether oxygens (including phenoxy) is 1. The number of hydrogen-bond acceptors (Lipinski definition) is 3. The highest BCUT2D eigenvalue weighted by Gasteiger charge is 2.19. The smallest absolute Gasteiger partial charge is 0.275 e. The first-order valence-corrected chi connectivity index (χ1v) is 6.88. The third-order valence-corrected chi connectivity index (χ3v) is 4.01. The SMILES string of the molecule is C[C@H](NC(=O)C[NH+]1CCOCC1)c1cccs1. The number of quaternary nitrogens is 1. The van der Waals surface area contributed by atoms with E-state index in [1.807, 2.05) is 18.4 Å². The van der Waals surface area contributed by atoms with Crippen LogP contribution in [-0.4, -0.2) is 38.8 Å². The third kappa shape index (κ3) is 3.80. The Hall–Kier alpha value is -0.910. The Balaban J connectivity index is 1.76. The first kappa shape index (κ1) is 12.5. The van der Waals surface area contributed by atoms with Crippen molar-refractivity contribution in [2.75, 3.05) is 32.8 Å².